The molecule has 2 aromatic rings. The molecule has 1 unspecified atom stereocenters. The highest BCUT2D eigenvalue weighted by molar-refractivity contribution is 6.30. The molecule has 2 N–H and O–H groups in total. The molecule has 1 saturated heterocycles. The zero-order valence-corrected chi connectivity index (χ0v) is 15.8. The van der Waals surface area contributed by atoms with Crippen molar-refractivity contribution in [3.05, 3.63) is 53.1 Å². The van der Waals surface area contributed by atoms with Gasteiger partial charge in [0.25, 0.3) is 0 Å². The molecule has 1 heterocycles. The summed E-state index contributed by atoms with van der Waals surface area (Å²) in [4.78, 5) is 37.8. The number of carbonyl (C=O) groups is 3. The molecular formula is C20H20ClN3O3. The minimum absolute atomic E-state index is 0.122. The van der Waals surface area contributed by atoms with E-state index in [9.17, 15) is 14.4 Å². The minimum atomic E-state index is -0.447. The van der Waals surface area contributed by atoms with Crippen molar-refractivity contribution in [1.82, 2.24) is 0 Å². The van der Waals surface area contributed by atoms with Gasteiger partial charge in [-0.05, 0) is 48.9 Å². The standard InChI is InChI=1S/C20H20ClN3O3/c1-12-8-15(21)6-7-18(12)23-20(27)14-9-19(26)24(11-14)17-5-3-4-16(10-17)22-13(2)25/h3-8,10,14H,9,11H2,1-2H3,(H,22,25)(H,23,27). The number of benzene rings is 2. The molecular weight excluding hydrogens is 366 g/mol. The average Bonchev–Trinajstić information content (AvgIpc) is 2.99. The second kappa shape index (κ2) is 7.80. The average molecular weight is 386 g/mol. The number of anilines is 3. The number of halogens is 1. The maximum Gasteiger partial charge on any atom is 0.229 e. The fraction of sp³-hybridized carbons (Fsp3) is 0.250. The number of nitrogens with one attached hydrogen (secondary N) is 2. The third-order valence-electron chi connectivity index (χ3n) is 4.42. The highest BCUT2D eigenvalue weighted by atomic mass is 35.5. The van der Waals surface area contributed by atoms with Crippen LogP contribution in [0.4, 0.5) is 17.1 Å². The van der Waals surface area contributed by atoms with Crippen LogP contribution in [0.15, 0.2) is 42.5 Å². The van der Waals surface area contributed by atoms with Crippen LogP contribution in [0.2, 0.25) is 5.02 Å². The summed E-state index contributed by atoms with van der Waals surface area (Å²) in [7, 11) is 0. The largest absolute Gasteiger partial charge is 0.326 e. The van der Waals surface area contributed by atoms with Crippen LogP contribution in [0, 0.1) is 12.8 Å². The van der Waals surface area contributed by atoms with Crippen LogP contribution in [0.5, 0.6) is 0 Å². The predicted octanol–water partition coefficient (Wildman–Crippen LogP) is 3.60. The number of amides is 3. The highest BCUT2D eigenvalue weighted by Gasteiger charge is 2.35. The Morgan fingerprint density at radius 2 is 1.93 bits per heavy atom. The number of hydrogen-bond acceptors (Lipinski definition) is 3. The van der Waals surface area contributed by atoms with Gasteiger partial charge in [0, 0.05) is 42.0 Å². The third-order valence-corrected chi connectivity index (χ3v) is 4.66. The lowest BCUT2D eigenvalue weighted by atomic mass is 10.1. The normalized spacial score (nSPS) is 16.3. The predicted molar refractivity (Wildman–Crippen MR) is 106 cm³/mol. The van der Waals surface area contributed by atoms with Crippen molar-refractivity contribution in [2.24, 2.45) is 5.92 Å². The Hall–Kier alpha value is -2.86. The van der Waals surface area contributed by atoms with Gasteiger partial charge in [-0.3, -0.25) is 14.4 Å². The molecule has 0 spiro atoms. The van der Waals surface area contributed by atoms with Crippen molar-refractivity contribution in [3.8, 4) is 0 Å². The van der Waals surface area contributed by atoms with Gasteiger partial charge in [0.2, 0.25) is 17.7 Å². The van der Waals surface area contributed by atoms with Crippen LogP contribution in [0.3, 0.4) is 0 Å². The monoisotopic (exact) mass is 385 g/mol. The fourth-order valence-corrected chi connectivity index (χ4v) is 3.32. The molecule has 140 valence electrons. The molecule has 1 atom stereocenters. The van der Waals surface area contributed by atoms with Crippen molar-refractivity contribution in [1.29, 1.82) is 0 Å². The smallest absolute Gasteiger partial charge is 0.229 e. The van der Waals surface area contributed by atoms with E-state index in [4.69, 9.17) is 11.6 Å². The van der Waals surface area contributed by atoms with E-state index < -0.39 is 5.92 Å². The van der Waals surface area contributed by atoms with Gasteiger partial charge < -0.3 is 15.5 Å². The van der Waals surface area contributed by atoms with Crippen LogP contribution in [-0.4, -0.2) is 24.3 Å². The first-order chi connectivity index (χ1) is 12.8. The Balaban J connectivity index is 1.71. The van der Waals surface area contributed by atoms with Crippen molar-refractivity contribution in [3.63, 3.8) is 0 Å². The zero-order chi connectivity index (χ0) is 19.6. The van der Waals surface area contributed by atoms with E-state index in [2.05, 4.69) is 10.6 Å². The van der Waals surface area contributed by atoms with Crippen molar-refractivity contribution in [2.75, 3.05) is 22.1 Å². The van der Waals surface area contributed by atoms with Crippen LogP contribution in [0.25, 0.3) is 0 Å². The molecule has 0 aromatic heterocycles. The Kier molecular flexibility index (Phi) is 5.46. The number of carbonyl (C=O) groups excluding carboxylic acids is 3. The number of hydrogen-bond donors (Lipinski definition) is 2. The lowest BCUT2D eigenvalue weighted by Crippen LogP contribution is -2.28. The molecule has 0 bridgehead atoms. The van der Waals surface area contributed by atoms with Crippen LogP contribution in [0.1, 0.15) is 18.9 Å². The van der Waals surface area contributed by atoms with E-state index in [0.29, 0.717) is 28.6 Å². The summed E-state index contributed by atoms with van der Waals surface area (Å²) in [5, 5.41) is 6.17. The van der Waals surface area contributed by atoms with Crippen molar-refractivity contribution < 1.29 is 14.4 Å². The van der Waals surface area contributed by atoms with Crippen LogP contribution in [-0.2, 0) is 14.4 Å². The first-order valence-corrected chi connectivity index (χ1v) is 8.96. The Morgan fingerprint density at radius 1 is 1.15 bits per heavy atom. The van der Waals surface area contributed by atoms with Gasteiger partial charge in [0.05, 0.1) is 5.92 Å². The first kappa shape index (κ1) is 18.9. The molecule has 3 amide bonds. The SMILES string of the molecule is CC(=O)Nc1cccc(N2CC(C(=O)Nc3ccc(Cl)cc3C)CC2=O)c1. The molecule has 1 aliphatic rings. The third kappa shape index (κ3) is 4.46. The van der Waals surface area contributed by atoms with Gasteiger partial charge in [0.1, 0.15) is 0 Å². The molecule has 27 heavy (non-hydrogen) atoms. The quantitative estimate of drug-likeness (QED) is 0.844. The zero-order valence-electron chi connectivity index (χ0n) is 15.1. The van der Waals surface area contributed by atoms with Crippen LogP contribution >= 0.6 is 11.6 Å². The van der Waals surface area contributed by atoms with Gasteiger partial charge in [0.15, 0.2) is 0 Å². The summed E-state index contributed by atoms with van der Waals surface area (Å²) in [5.74, 6) is -0.954. The van der Waals surface area contributed by atoms with Gasteiger partial charge >= 0.3 is 0 Å². The topological polar surface area (TPSA) is 78.5 Å². The summed E-state index contributed by atoms with van der Waals surface area (Å²) >= 11 is 5.94. The maximum atomic E-state index is 12.6. The Morgan fingerprint density at radius 3 is 2.63 bits per heavy atom. The second-order valence-corrected chi connectivity index (χ2v) is 7.02. The lowest BCUT2D eigenvalue weighted by molar-refractivity contribution is -0.122. The highest BCUT2D eigenvalue weighted by Crippen LogP contribution is 2.28. The Labute approximate surface area is 162 Å². The van der Waals surface area contributed by atoms with Crippen molar-refractivity contribution in [2.45, 2.75) is 20.3 Å². The molecule has 3 rings (SSSR count). The molecule has 6 nitrogen and oxygen atoms in total. The van der Waals surface area contributed by atoms with E-state index in [1.165, 1.54) is 6.92 Å². The number of aryl methyl sites for hydroxylation is 1. The second-order valence-electron chi connectivity index (χ2n) is 6.59. The molecule has 0 saturated carbocycles. The molecule has 0 aliphatic carbocycles. The number of rotatable bonds is 4. The summed E-state index contributed by atoms with van der Waals surface area (Å²) in [6.07, 6.45) is 0.142. The summed E-state index contributed by atoms with van der Waals surface area (Å²) in [5.41, 5.74) is 2.81. The van der Waals surface area contributed by atoms with E-state index in [0.717, 1.165) is 5.56 Å². The van der Waals surface area contributed by atoms with Gasteiger partial charge in [-0.2, -0.15) is 0 Å². The molecule has 0 radical (unpaired) electrons. The van der Waals surface area contributed by atoms with E-state index in [1.807, 2.05) is 6.92 Å². The molecule has 2 aromatic carbocycles. The summed E-state index contributed by atoms with van der Waals surface area (Å²) < 4.78 is 0. The lowest BCUT2D eigenvalue weighted by Gasteiger charge is -2.18. The molecule has 1 fully saturated rings. The Bertz CT molecular complexity index is 913. The minimum Gasteiger partial charge on any atom is -0.326 e. The summed E-state index contributed by atoms with van der Waals surface area (Å²) in [6.45, 7) is 3.58. The molecule has 7 heteroatoms. The van der Waals surface area contributed by atoms with Gasteiger partial charge in [-0.15, -0.1) is 0 Å². The van der Waals surface area contributed by atoms with Crippen molar-refractivity contribution >= 4 is 46.4 Å². The fourth-order valence-electron chi connectivity index (χ4n) is 3.09. The van der Waals surface area contributed by atoms with E-state index >= 15 is 0 Å². The van der Waals surface area contributed by atoms with E-state index in [-0.39, 0.29) is 24.1 Å². The first-order valence-electron chi connectivity index (χ1n) is 8.58. The van der Waals surface area contributed by atoms with Gasteiger partial charge in [-0.1, -0.05) is 17.7 Å². The van der Waals surface area contributed by atoms with Gasteiger partial charge in [-0.25, -0.2) is 0 Å². The molecule has 1 aliphatic heterocycles. The summed E-state index contributed by atoms with van der Waals surface area (Å²) in [6, 6.07) is 12.3. The van der Waals surface area contributed by atoms with E-state index in [1.54, 1.807) is 47.4 Å². The maximum absolute atomic E-state index is 12.6. The number of nitrogens with zero attached hydrogens (tertiary/aromatic N) is 1. The van der Waals surface area contributed by atoms with Crippen LogP contribution < -0.4 is 15.5 Å².